The fourth-order valence-electron chi connectivity index (χ4n) is 4.68. The second-order valence-corrected chi connectivity index (χ2v) is 10.6. The maximum atomic E-state index is 13.5. The smallest absolute Gasteiger partial charge is 0.407 e. The van der Waals surface area contributed by atoms with Crippen LogP contribution in [0.4, 0.5) is 9.59 Å². The molecule has 0 aromatic heterocycles. The summed E-state index contributed by atoms with van der Waals surface area (Å²) in [6.45, 7) is 6.59. The van der Waals surface area contributed by atoms with Gasteiger partial charge >= 0.3 is 12.2 Å². The zero-order valence-electron chi connectivity index (χ0n) is 21.8. The molecule has 9 heteroatoms. The molecule has 1 aliphatic heterocycles. The molecule has 1 heterocycles. The van der Waals surface area contributed by atoms with Gasteiger partial charge in [0.05, 0.1) is 18.1 Å². The van der Waals surface area contributed by atoms with Crippen molar-refractivity contribution in [2.45, 2.75) is 90.1 Å². The lowest BCUT2D eigenvalue weighted by atomic mass is 9.91. The van der Waals surface area contributed by atoms with E-state index in [1.165, 1.54) is 0 Å². The van der Waals surface area contributed by atoms with Gasteiger partial charge in [0, 0.05) is 13.1 Å². The lowest BCUT2D eigenvalue weighted by molar-refractivity contribution is -0.137. The highest BCUT2D eigenvalue weighted by atomic mass is 16.6. The number of hydrogen-bond acceptors (Lipinski definition) is 6. The number of carbonyl (C=O) groups is 3. The molecule has 200 valence electrons. The minimum Gasteiger partial charge on any atom is -0.445 e. The Kier molecular flexibility index (Phi) is 10.4. The Morgan fingerprint density at radius 3 is 2.56 bits per heavy atom. The maximum Gasteiger partial charge on any atom is 0.407 e. The van der Waals surface area contributed by atoms with Crippen molar-refractivity contribution in [2.24, 2.45) is 5.92 Å². The number of nitrogens with one attached hydrogen (secondary N) is 2. The van der Waals surface area contributed by atoms with Crippen LogP contribution >= 0.6 is 0 Å². The van der Waals surface area contributed by atoms with Crippen molar-refractivity contribution >= 4 is 18.1 Å². The summed E-state index contributed by atoms with van der Waals surface area (Å²) in [7, 11) is 0. The molecule has 2 fully saturated rings. The van der Waals surface area contributed by atoms with Crippen LogP contribution in [0.1, 0.15) is 71.3 Å². The molecule has 1 saturated carbocycles. The number of nitrogens with zero attached hydrogens (tertiary/aromatic N) is 1. The number of alkyl carbamates (subject to hydrolysis) is 2. The van der Waals surface area contributed by atoms with E-state index < -0.39 is 17.8 Å². The third-order valence-electron chi connectivity index (χ3n) is 6.48. The highest BCUT2D eigenvalue weighted by Gasteiger charge is 2.41. The van der Waals surface area contributed by atoms with E-state index in [9.17, 15) is 14.4 Å². The van der Waals surface area contributed by atoms with Crippen LogP contribution < -0.4 is 10.6 Å². The van der Waals surface area contributed by atoms with E-state index in [0.29, 0.717) is 26.1 Å². The molecule has 3 atom stereocenters. The Balaban J connectivity index is 1.49. The number of ether oxygens (including phenoxy) is 3. The van der Waals surface area contributed by atoms with E-state index in [1.54, 1.807) is 0 Å². The Labute approximate surface area is 214 Å². The Morgan fingerprint density at radius 2 is 1.81 bits per heavy atom. The monoisotopic (exact) mass is 503 g/mol. The third kappa shape index (κ3) is 9.00. The molecule has 0 radical (unpaired) electrons. The highest BCUT2D eigenvalue weighted by molar-refractivity contribution is 5.80. The highest BCUT2D eigenvalue weighted by Crippen LogP contribution is 2.32. The van der Waals surface area contributed by atoms with Crippen LogP contribution in [0.15, 0.2) is 30.3 Å². The lowest BCUT2D eigenvalue weighted by Gasteiger charge is -2.31. The average molecular weight is 504 g/mol. The van der Waals surface area contributed by atoms with E-state index in [0.717, 1.165) is 37.7 Å². The molecule has 1 aromatic rings. The second kappa shape index (κ2) is 13.5. The van der Waals surface area contributed by atoms with Gasteiger partial charge in [0.15, 0.2) is 0 Å². The van der Waals surface area contributed by atoms with Gasteiger partial charge < -0.3 is 29.7 Å². The van der Waals surface area contributed by atoms with Gasteiger partial charge in [-0.05, 0) is 52.0 Å². The normalized spacial score (nSPS) is 20.2. The van der Waals surface area contributed by atoms with Crippen LogP contribution in [0.25, 0.3) is 0 Å². The van der Waals surface area contributed by atoms with Gasteiger partial charge in [-0.3, -0.25) is 4.79 Å². The number of fused-ring (bicyclic) bond motifs is 1. The number of unbranched alkanes of at least 4 members (excludes halogenated alkanes) is 1. The number of amides is 3. The van der Waals surface area contributed by atoms with Crippen molar-refractivity contribution in [3.8, 4) is 0 Å². The number of rotatable bonds is 10. The molecule has 0 unspecified atom stereocenters. The molecular formula is C27H41N3O6. The van der Waals surface area contributed by atoms with Crippen molar-refractivity contribution in [3.63, 3.8) is 0 Å². The maximum absolute atomic E-state index is 13.5. The molecule has 2 aliphatic rings. The quantitative estimate of drug-likeness (QED) is 0.460. The van der Waals surface area contributed by atoms with Gasteiger partial charge in [0.2, 0.25) is 5.91 Å². The molecule has 1 aliphatic carbocycles. The number of hydrogen-bond donors (Lipinski definition) is 2. The van der Waals surface area contributed by atoms with Crippen LogP contribution in [0, 0.1) is 5.92 Å². The summed E-state index contributed by atoms with van der Waals surface area (Å²) >= 11 is 0. The molecule has 2 N–H and O–H groups in total. The first-order chi connectivity index (χ1) is 17.2. The van der Waals surface area contributed by atoms with Gasteiger partial charge in [-0.2, -0.15) is 0 Å². The molecular weight excluding hydrogens is 462 g/mol. The van der Waals surface area contributed by atoms with Crippen LogP contribution in [0.3, 0.4) is 0 Å². The SMILES string of the molecule is CC(C)(C)OC(=O)NCCCC[C@@H](CNC(=O)OCc1ccccc1)C(=O)N1CO[C@@H]2CCCC[C@H]21. The van der Waals surface area contributed by atoms with E-state index in [4.69, 9.17) is 14.2 Å². The minimum atomic E-state index is -0.545. The molecule has 9 nitrogen and oxygen atoms in total. The summed E-state index contributed by atoms with van der Waals surface area (Å²) in [5.74, 6) is -0.382. The minimum absolute atomic E-state index is 0.00728. The Bertz CT molecular complexity index is 857. The van der Waals surface area contributed by atoms with Gasteiger partial charge in [0.25, 0.3) is 0 Å². The zero-order valence-corrected chi connectivity index (χ0v) is 21.8. The molecule has 3 amide bonds. The van der Waals surface area contributed by atoms with Crippen molar-refractivity contribution in [3.05, 3.63) is 35.9 Å². The van der Waals surface area contributed by atoms with Crippen LogP contribution in [-0.2, 0) is 25.6 Å². The predicted octanol–water partition coefficient (Wildman–Crippen LogP) is 4.35. The first-order valence-corrected chi connectivity index (χ1v) is 13.1. The lowest BCUT2D eigenvalue weighted by Crippen LogP contribution is -2.46. The predicted molar refractivity (Wildman–Crippen MR) is 135 cm³/mol. The topological polar surface area (TPSA) is 106 Å². The van der Waals surface area contributed by atoms with Crippen molar-refractivity contribution < 1.29 is 28.6 Å². The summed E-state index contributed by atoms with van der Waals surface area (Å²) in [5, 5.41) is 5.53. The van der Waals surface area contributed by atoms with E-state index in [2.05, 4.69) is 10.6 Å². The number of benzene rings is 1. The number of carbonyl (C=O) groups excluding carboxylic acids is 3. The van der Waals surface area contributed by atoms with Gasteiger partial charge in [0.1, 0.15) is 18.9 Å². The molecule has 36 heavy (non-hydrogen) atoms. The third-order valence-corrected chi connectivity index (χ3v) is 6.48. The molecule has 1 saturated heterocycles. The summed E-state index contributed by atoms with van der Waals surface area (Å²) in [4.78, 5) is 39.5. The van der Waals surface area contributed by atoms with Crippen LogP contribution in [0.5, 0.6) is 0 Å². The Hall–Kier alpha value is -2.81. The van der Waals surface area contributed by atoms with Crippen molar-refractivity contribution in [1.82, 2.24) is 15.5 Å². The summed E-state index contributed by atoms with van der Waals surface area (Å²) in [6.07, 6.45) is 5.29. The second-order valence-electron chi connectivity index (χ2n) is 10.6. The molecule has 0 spiro atoms. The summed E-state index contributed by atoms with van der Waals surface area (Å²) in [5.41, 5.74) is 0.354. The first-order valence-electron chi connectivity index (χ1n) is 13.1. The average Bonchev–Trinajstić information content (AvgIpc) is 3.28. The van der Waals surface area contributed by atoms with Crippen LogP contribution in [0.2, 0.25) is 0 Å². The van der Waals surface area contributed by atoms with Crippen LogP contribution in [-0.4, -0.2) is 60.6 Å². The summed E-state index contributed by atoms with van der Waals surface area (Å²) in [6, 6.07) is 9.58. The summed E-state index contributed by atoms with van der Waals surface area (Å²) < 4.78 is 16.5. The largest absolute Gasteiger partial charge is 0.445 e. The molecule has 1 aromatic carbocycles. The molecule has 0 bridgehead atoms. The molecule has 3 rings (SSSR count). The first kappa shape index (κ1) is 27.8. The van der Waals surface area contributed by atoms with Gasteiger partial charge in [-0.15, -0.1) is 0 Å². The van der Waals surface area contributed by atoms with E-state index in [-0.39, 0.29) is 37.1 Å². The van der Waals surface area contributed by atoms with E-state index >= 15 is 0 Å². The zero-order chi connectivity index (χ0) is 26.0. The van der Waals surface area contributed by atoms with Crippen molar-refractivity contribution in [2.75, 3.05) is 19.8 Å². The standard InChI is InChI=1S/C27H41N3O6/c1-27(2,3)36-26(33)28-16-10-9-13-21(17-29-25(32)34-18-20-11-5-4-6-12-20)24(31)30-19-35-23-15-8-7-14-22(23)30/h4-6,11-12,21-23H,7-10,13-19H2,1-3H3,(H,28,33)(H,29,32)/t21-,22+,23+/m0/s1. The van der Waals surface area contributed by atoms with E-state index in [1.807, 2.05) is 56.0 Å². The fourth-order valence-corrected chi connectivity index (χ4v) is 4.68. The Morgan fingerprint density at radius 1 is 1.06 bits per heavy atom. The van der Waals surface area contributed by atoms with Crippen molar-refractivity contribution in [1.29, 1.82) is 0 Å². The fraction of sp³-hybridized carbons (Fsp3) is 0.667. The van der Waals surface area contributed by atoms with Gasteiger partial charge in [-0.25, -0.2) is 9.59 Å². The van der Waals surface area contributed by atoms with Gasteiger partial charge in [-0.1, -0.05) is 49.6 Å².